The van der Waals surface area contributed by atoms with Crippen LogP contribution in [0.2, 0.25) is 10.0 Å². The normalized spacial score (nSPS) is 11.7. The zero-order valence-electron chi connectivity index (χ0n) is 14.2. The van der Waals surface area contributed by atoms with Crippen molar-refractivity contribution >= 4 is 46.4 Å². The molecule has 2 aromatic rings. The van der Waals surface area contributed by atoms with Crippen LogP contribution in [0, 0.1) is 5.82 Å². The van der Waals surface area contributed by atoms with Crippen LogP contribution < -0.4 is 16.0 Å². The molecule has 0 saturated heterocycles. The molecule has 5 nitrogen and oxygen atoms in total. The molecule has 0 spiro atoms. The molecule has 1 atom stereocenters. The summed E-state index contributed by atoms with van der Waals surface area (Å²) in [6.45, 7) is 3.20. The van der Waals surface area contributed by atoms with E-state index >= 15 is 0 Å². The topological polar surface area (TPSA) is 70.2 Å². The van der Waals surface area contributed by atoms with Gasteiger partial charge in [0.15, 0.2) is 0 Å². The largest absolute Gasteiger partial charge is 0.326 e. The van der Waals surface area contributed by atoms with E-state index in [-0.39, 0.29) is 29.4 Å². The lowest BCUT2D eigenvalue weighted by atomic mass is 10.1. The molecule has 138 valence electrons. The molecule has 0 unspecified atom stereocenters. The number of rotatable bonds is 6. The molecule has 0 aliphatic carbocycles. The van der Waals surface area contributed by atoms with E-state index in [4.69, 9.17) is 23.2 Å². The molecule has 0 heterocycles. The summed E-state index contributed by atoms with van der Waals surface area (Å²) >= 11 is 11.8. The average molecular weight is 398 g/mol. The van der Waals surface area contributed by atoms with E-state index in [1.54, 1.807) is 31.2 Å². The molecule has 0 aliphatic rings. The number of benzene rings is 2. The monoisotopic (exact) mass is 397 g/mol. The van der Waals surface area contributed by atoms with Crippen molar-refractivity contribution < 1.29 is 14.0 Å². The lowest BCUT2D eigenvalue weighted by Crippen LogP contribution is -2.30. The van der Waals surface area contributed by atoms with E-state index < -0.39 is 5.82 Å². The maximum atomic E-state index is 13.6. The van der Waals surface area contributed by atoms with Crippen LogP contribution in [0.3, 0.4) is 0 Å². The van der Waals surface area contributed by atoms with Gasteiger partial charge in [0.05, 0.1) is 11.6 Å². The maximum absolute atomic E-state index is 13.6. The lowest BCUT2D eigenvalue weighted by Gasteiger charge is -2.16. The zero-order valence-corrected chi connectivity index (χ0v) is 15.7. The van der Waals surface area contributed by atoms with Crippen LogP contribution in [0.15, 0.2) is 36.4 Å². The summed E-state index contributed by atoms with van der Waals surface area (Å²) in [6.07, 6.45) is 0. The first-order valence-electron chi connectivity index (χ1n) is 7.81. The van der Waals surface area contributed by atoms with E-state index in [0.717, 1.165) is 0 Å². The number of carbonyl (C=O) groups excluding carboxylic acids is 2. The molecule has 2 aromatic carbocycles. The van der Waals surface area contributed by atoms with Gasteiger partial charge < -0.3 is 16.0 Å². The second-order valence-corrected chi connectivity index (χ2v) is 6.51. The first-order valence-corrected chi connectivity index (χ1v) is 8.57. The van der Waals surface area contributed by atoms with Gasteiger partial charge in [0.1, 0.15) is 5.82 Å². The third-order valence-electron chi connectivity index (χ3n) is 3.56. The summed E-state index contributed by atoms with van der Waals surface area (Å²) in [4.78, 5) is 23.0. The minimum absolute atomic E-state index is 0.00912. The summed E-state index contributed by atoms with van der Waals surface area (Å²) in [5.74, 6) is -1.00. The molecule has 3 N–H and O–H groups in total. The van der Waals surface area contributed by atoms with Crippen LogP contribution in [0.4, 0.5) is 15.8 Å². The van der Waals surface area contributed by atoms with Gasteiger partial charge in [-0.3, -0.25) is 9.59 Å². The minimum atomic E-state index is -0.566. The summed E-state index contributed by atoms with van der Waals surface area (Å²) < 4.78 is 13.6. The van der Waals surface area contributed by atoms with Crippen molar-refractivity contribution in [2.24, 2.45) is 0 Å². The van der Waals surface area contributed by atoms with Crippen LogP contribution in [0.25, 0.3) is 0 Å². The first-order chi connectivity index (χ1) is 12.3. The first kappa shape index (κ1) is 20.2. The minimum Gasteiger partial charge on any atom is -0.326 e. The molecular formula is C18H18Cl2FN3O2. The fourth-order valence-electron chi connectivity index (χ4n) is 2.27. The molecule has 0 radical (unpaired) electrons. The number of anilines is 2. The second-order valence-electron chi connectivity index (χ2n) is 5.70. The van der Waals surface area contributed by atoms with Gasteiger partial charge in [0, 0.05) is 29.4 Å². The van der Waals surface area contributed by atoms with Gasteiger partial charge in [-0.2, -0.15) is 0 Å². The standard InChI is InChI=1S/C18H18Cl2FN3O2/c1-10(14-7-17(21)16(20)8-15(14)19)22-9-18(26)24-13-5-3-12(4-6-13)23-11(2)25/h3-8,10,22H,9H2,1-2H3,(H,23,25)(H,24,26)/t10-/m1/s1. The molecule has 2 rings (SSSR count). The van der Waals surface area contributed by atoms with Crippen LogP contribution >= 0.6 is 23.2 Å². The van der Waals surface area contributed by atoms with E-state index in [9.17, 15) is 14.0 Å². The average Bonchev–Trinajstić information content (AvgIpc) is 2.57. The maximum Gasteiger partial charge on any atom is 0.238 e. The Morgan fingerprint density at radius 3 is 2.19 bits per heavy atom. The smallest absolute Gasteiger partial charge is 0.238 e. The number of nitrogens with one attached hydrogen (secondary N) is 3. The Labute approximate surface area is 160 Å². The van der Waals surface area contributed by atoms with Crippen molar-refractivity contribution in [2.75, 3.05) is 17.2 Å². The number of carbonyl (C=O) groups is 2. The Morgan fingerprint density at radius 1 is 1.04 bits per heavy atom. The van der Waals surface area contributed by atoms with Gasteiger partial charge in [-0.25, -0.2) is 4.39 Å². The highest BCUT2D eigenvalue weighted by molar-refractivity contribution is 6.35. The highest BCUT2D eigenvalue weighted by atomic mass is 35.5. The fraction of sp³-hybridized carbons (Fsp3) is 0.222. The second kappa shape index (κ2) is 8.98. The van der Waals surface area contributed by atoms with Gasteiger partial charge in [0.2, 0.25) is 11.8 Å². The zero-order chi connectivity index (χ0) is 19.3. The molecule has 0 aromatic heterocycles. The van der Waals surface area contributed by atoms with Gasteiger partial charge in [-0.05, 0) is 48.9 Å². The van der Waals surface area contributed by atoms with Crippen LogP contribution in [-0.4, -0.2) is 18.4 Å². The summed E-state index contributed by atoms with van der Waals surface area (Å²) in [6, 6.07) is 8.97. The van der Waals surface area contributed by atoms with E-state index in [1.165, 1.54) is 19.1 Å². The molecule has 8 heteroatoms. The SMILES string of the molecule is CC(=O)Nc1ccc(NC(=O)CN[C@H](C)c2cc(F)c(Cl)cc2Cl)cc1. The highest BCUT2D eigenvalue weighted by Crippen LogP contribution is 2.28. The molecule has 0 aliphatic heterocycles. The van der Waals surface area contributed by atoms with Crippen LogP contribution in [0.1, 0.15) is 25.5 Å². The van der Waals surface area contributed by atoms with E-state index in [1.807, 2.05) is 0 Å². The van der Waals surface area contributed by atoms with Crippen molar-refractivity contribution in [3.63, 3.8) is 0 Å². The number of halogens is 3. The van der Waals surface area contributed by atoms with Crippen molar-refractivity contribution in [1.82, 2.24) is 5.32 Å². The third kappa shape index (κ3) is 5.69. The molecule has 0 saturated carbocycles. The van der Waals surface area contributed by atoms with Gasteiger partial charge >= 0.3 is 0 Å². The predicted molar refractivity (Wildman–Crippen MR) is 102 cm³/mol. The third-order valence-corrected chi connectivity index (χ3v) is 4.18. The van der Waals surface area contributed by atoms with Gasteiger partial charge in [-0.15, -0.1) is 0 Å². The highest BCUT2D eigenvalue weighted by Gasteiger charge is 2.14. The number of amides is 2. The van der Waals surface area contributed by atoms with Crippen molar-refractivity contribution in [3.8, 4) is 0 Å². The quantitative estimate of drug-likeness (QED) is 0.633. The summed E-state index contributed by atoms with van der Waals surface area (Å²) in [5.41, 5.74) is 1.75. The summed E-state index contributed by atoms with van der Waals surface area (Å²) in [7, 11) is 0. The Bertz CT molecular complexity index is 813. The lowest BCUT2D eigenvalue weighted by molar-refractivity contribution is -0.115. The predicted octanol–water partition coefficient (Wildman–Crippen LogP) is 4.38. The van der Waals surface area contributed by atoms with Crippen LogP contribution in [-0.2, 0) is 9.59 Å². The molecule has 2 amide bonds. The molecule has 26 heavy (non-hydrogen) atoms. The van der Waals surface area contributed by atoms with Crippen LogP contribution in [0.5, 0.6) is 0 Å². The Balaban J connectivity index is 1.90. The van der Waals surface area contributed by atoms with Gasteiger partial charge in [0.25, 0.3) is 0 Å². The Kier molecular flexibility index (Phi) is 6.97. The molecule has 0 fully saturated rings. The van der Waals surface area contributed by atoms with Gasteiger partial charge in [-0.1, -0.05) is 23.2 Å². The molecule has 0 bridgehead atoms. The molecular weight excluding hydrogens is 380 g/mol. The van der Waals surface area contributed by atoms with E-state index in [0.29, 0.717) is 22.0 Å². The van der Waals surface area contributed by atoms with E-state index in [2.05, 4.69) is 16.0 Å². The Hall–Kier alpha value is -2.15. The Morgan fingerprint density at radius 2 is 1.62 bits per heavy atom. The van der Waals surface area contributed by atoms with Crippen molar-refractivity contribution in [2.45, 2.75) is 19.9 Å². The van der Waals surface area contributed by atoms with Crippen molar-refractivity contribution in [3.05, 3.63) is 57.8 Å². The number of hydrogen-bond donors (Lipinski definition) is 3. The van der Waals surface area contributed by atoms with Crippen molar-refractivity contribution in [1.29, 1.82) is 0 Å². The number of hydrogen-bond acceptors (Lipinski definition) is 3. The summed E-state index contributed by atoms with van der Waals surface area (Å²) in [5, 5.41) is 8.62. The fourth-order valence-corrected chi connectivity index (χ4v) is 2.82.